The van der Waals surface area contributed by atoms with Crippen LogP contribution in [-0.2, 0) is 0 Å². The summed E-state index contributed by atoms with van der Waals surface area (Å²) in [5.74, 6) is 0.751. The van der Waals surface area contributed by atoms with Crippen molar-refractivity contribution in [2.45, 2.75) is 30.1 Å². The molecule has 4 rings (SSSR count). The number of benzene rings is 2. The van der Waals surface area contributed by atoms with Crippen LogP contribution in [0.5, 0.6) is 0 Å². The summed E-state index contributed by atoms with van der Waals surface area (Å²) in [7, 11) is 0. The number of thioether (sulfide) groups is 1. The van der Waals surface area contributed by atoms with E-state index in [1.165, 1.54) is 17.8 Å². The van der Waals surface area contributed by atoms with Gasteiger partial charge < -0.3 is 5.11 Å². The van der Waals surface area contributed by atoms with Crippen LogP contribution < -0.4 is 0 Å². The van der Waals surface area contributed by atoms with Crippen LogP contribution in [0.4, 0.5) is 4.39 Å². The van der Waals surface area contributed by atoms with E-state index in [1.54, 1.807) is 18.2 Å². The van der Waals surface area contributed by atoms with Crippen molar-refractivity contribution in [2.24, 2.45) is 0 Å². The minimum atomic E-state index is -0.576. The second-order valence-corrected chi connectivity index (χ2v) is 7.11. The van der Waals surface area contributed by atoms with Gasteiger partial charge in [0.15, 0.2) is 11.0 Å². The molecule has 1 fully saturated rings. The molecule has 0 saturated heterocycles. The molecule has 4 nitrogen and oxygen atoms in total. The van der Waals surface area contributed by atoms with Crippen molar-refractivity contribution in [2.75, 3.05) is 5.75 Å². The molecular formula is C19H18FN3OS. The van der Waals surface area contributed by atoms with Crippen LogP contribution in [0.1, 0.15) is 30.6 Å². The van der Waals surface area contributed by atoms with E-state index in [4.69, 9.17) is 0 Å². The number of aromatic nitrogens is 3. The monoisotopic (exact) mass is 355 g/mol. The standard InChI is InChI=1S/C19H18FN3OS/c20-16-9-5-4-8-15(16)18-21-22-19(23(18)14-10-11-14)25-12-17(24)13-6-2-1-3-7-13/h1-9,14,17,24H,10-12H2/t17-/m1/s1. The highest BCUT2D eigenvalue weighted by Crippen LogP contribution is 2.41. The second kappa shape index (κ2) is 6.98. The average molecular weight is 355 g/mol. The number of aliphatic hydroxyl groups excluding tert-OH is 1. The SMILES string of the molecule is O[C@H](CSc1nnc(-c2ccccc2F)n1C1CC1)c1ccccc1. The van der Waals surface area contributed by atoms with E-state index in [1.807, 2.05) is 34.9 Å². The highest BCUT2D eigenvalue weighted by Gasteiger charge is 2.31. The molecule has 1 heterocycles. The lowest BCUT2D eigenvalue weighted by Gasteiger charge is -2.12. The van der Waals surface area contributed by atoms with E-state index in [0.29, 0.717) is 23.2 Å². The van der Waals surface area contributed by atoms with E-state index in [0.717, 1.165) is 23.6 Å². The molecule has 128 valence electrons. The van der Waals surface area contributed by atoms with Crippen LogP contribution in [0.25, 0.3) is 11.4 Å². The van der Waals surface area contributed by atoms with E-state index in [9.17, 15) is 9.50 Å². The van der Waals surface area contributed by atoms with Crippen LogP contribution in [0, 0.1) is 5.82 Å². The van der Waals surface area contributed by atoms with Crippen LogP contribution >= 0.6 is 11.8 Å². The Morgan fingerprint density at radius 1 is 1.08 bits per heavy atom. The Morgan fingerprint density at radius 2 is 1.80 bits per heavy atom. The summed E-state index contributed by atoms with van der Waals surface area (Å²) in [5.41, 5.74) is 1.35. The quantitative estimate of drug-likeness (QED) is 0.672. The molecular weight excluding hydrogens is 337 g/mol. The third kappa shape index (κ3) is 3.45. The van der Waals surface area contributed by atoms with Gasteiger partial charge in [-0.05, 0) is 30.5 Å². The van der Waals surface area contributed by atoms with Crippen molar-refractivity contribution in [1.29, 1.82) is 0 Å². The molecule has 1 aromatic heterocycles. The minimum Gasteiger partial charge on any atom is -0.388 e. The zero-order valence-electron chi connectivity index (χ0n) is 13.5. The van der Waals surface area contributed by atoms with Gasteiger partial charge in [0.25, 0.3) is 0 Å². The Balaban J connectivity index is 1.58. The largest absolute Gasteiger partial charge is 0.388 e. The van der Waals surface area contributed by atoms with Crippen molar-refractivity contribution in [1.82, 2.24) is 14.8 Å². The number of hydrogen-bond donors (Lipinski definition) is 1. The summed E-state index contributed by atoms with van der Waals surface area (Å²) in [6.07, 6.45) is 1.52. The fraction of sp³-hybridized carbons (Fsp3) is 0.263. The second-order valence-electron chi connectivity index (χ2n) is 6.12. The third-order valence-electron chi connectivity index (χ3n) is 4.25. The maximum atomic E-state index is 14.2. The minimum absolute atomic E-state index is 0.294. The Morgan fingerprint density at radius 3 is 2.52 bits per heavy atom. The average Bonchev–Trinajstić information content (AvgIpc) is 3.40. The zero-order valence-corrected chi connectivity index (χ0v) is 14.4. The molecule has 0 unspecified atom stereocenters. The normalized spacial score (nSPS) is 15.3. The molecule has 1 N–H and O–H groups in total. The molecule has 2 aromatic carbocycles. The summed E-state index contributed by atoms with van der Waals surface area (Å²) < 4.78 is 16.2. The third-order valence-corrected chi connectivity index (χ3v) is 5.26. The van der Waals surface area contributed by atoms with Gasteiger partial charge in [-0.3, -0.25) is 4.57 Å². The van der Waals surface area contributed by atoms with Crippen LogP contribution in [0.15, 0.2) is 59.8 Å². The molecule has 6 heteroatoms. The van der Waals surface area contributed by atoms with Crippen LogP contribution in [-0.4, -0.2) is 25.6 Å². The molecule has 0 bridgehead atoms. The summed E-state index contributed by atoms with van der Waals surface area (Å²) in [5, 5.41) is 19.6. The van der Waals surface area contributed by atoms with Crippen molar-refractivity contribution in [3.8, 4) is 11.4 Å². The van der Waals surface area contributed by atoms with Crippen molar-refractivity contribution in [3.05, 3.63) is 66.0 Å². The highest BCUT2D eigenvalue weighted by molar-refractivity contribution is 7.99. The first-order valence-corrected chi connectivity index (χ1v) is 9.28. The zero-order chi connectivity index (χ0) is 17.2. The van der Waals surface area contributed by atoms with Crippen molar-refractivity contribution in [3.63, 3.8) is 0 Å². The topological polar surface area (TPSA) is 50.9 Å². The Kier molecular flexibility index (Phi) is 4.55. The maximum Gasteiger partial charge on any atom is 0.191 e. The van der Waals surface area contributed by atoms with Crippen molar-refractivity contribution >= 4 is 11.8 Å². The molecule has 0 spiro atoms. The molecule has 25 heavy (non-hydrogen) atoms. The Labute approximate surface area is 149 Å². The van der Waals surface area contributed by atoms with Gasteiger partial charge in [-0.25, -0.2) is 4.39 Å². The van der Waals surface area contributed by atoms with Gasteiger partial charge in [-0.15, -0.1) is 10.2 Å². The first-order valence-electron chi connectivity index (χ1n) is 8.29. The molecule has 1 saturated carbocycles. The van der Waals surface area contributed by atoms with E-state index in [2.05, 4.69) is 10.2 Å². The fourth-order valence-electron chi connectivity index (χ4n) is 2.79. The summed E-state index contributed by atoms with van der Waals surface area (Å²) >= 11 is 1.46. The number of nitrogens with zero attached hydrogens (tertiary/aromatic N) is 3. The molecule has 0 radical (unpaired) electrons. The van der Waals surface area contributed by atoms with Gasteiger partial charge in [0, 0.05) is 11.8 Å². The molecule has 0 aliphatic heterocycles. The Hall–Kier alpha value is -2.18. The fourth-order valence-corrected chi connectivity index (χ4v) is 3.76. The number of aliphatic hydroxyl groups is 1. The van der Waals surface area contributed by atoms with E-state index < -0.39 is 6.10 Å². The smallest absolute Gasteiger partial charge is 0.191 e. The highest BCUT2D eigenvalue weighted by atomic mass is 32.2. The van der Waals surface area contributed by atoms with Gasteiger partial charge >= 0.3 is 0 Å². The molecule has 1 aliphatic rings. The maximum absolute atomic E-state index is 14.2. The summed E-state index contributed by atoms with van der Waals surface area (Å²) in [6.45, 7) is 0. The van der Waals surface area contributed by atoms with Crippen molar-refractivity contribution < 1.29 is 9.50 Å². The molecule has 0 amide bonds. The number of hydrogen-bond acceptors (Lipinski definition) is 4. The van der Waals surface area contributed by atoms with Gasteiger partial charge in [-0.1, -0.05) is 54.2 Å². The van der Waals surface area contributed by atoms with E-state index >= 15 is 0 Å². The summed E-state index contributed by atoms with van der Waals surface area (Å²) in [6, 6.07) is 16.5. The molecule has 1 atom stereocenters. The predicted octanol–water partition coefficient (Wildman–Crippen LogP) is 4.24. The number of halogens is 1. The molecule has 1 aliphatic carbocycles. The lowest BCUT2D eigenvalue weighted by molar-refractivity contribution is 0.204. The first kappa shape index (κ1) is 16.3. The van der Waals surface area contributed by atoms with Gasteiger partial charge in [-0.2, -0.15) is 0 Å². The summed E-state index contributed by atoms with van der Waals surface area (Å²) in [4.78, 5) is 0. The molecule has 3 aromatic rings. The van der Waals surface area contributed by atoms with Gasteiger partial charge in [0.1, 0.15) is 5.82 Å². The lowest BCUT2D eigenvalue weighted by atomic mass is 10.1. The Bertz CT molecular complexity index is 864. The van der Waals surface area contributed by atoms with E-state index in [-0.39, 0.29) is 5.82 Å². The predicted molar refractivity (Wildman–Crippen MR) is 95.8 cm³/mol. The lowest BCUT2D eigenvalue weighted by Crippen LogP contribution is -2.04. The first-order chi connectivity index (χ1) is 12.2. The van der Waals surface area contributed by atoms with Gasteiger partial charge in [0.2, 0.25) is 0 Å². The number of rotatable bonds is 6. The van der Waals surface area contributed by atoms with Gasteiger partial charge in [0.05, 0.1) is 11.7 Å². The van der Waals surface area contributed by atoms with Crippen LogP contribution in [0.2, 0.25) is 0 Å². The van der Waals surface area contributed by atoms with Crippen LogP contribution in [0.3, 0.4) is 0 Å².